The number of nitrogens with two attached hydrogens (primary N) is 1. The Morgan fingerprint density at radius 3 is 2.84 bits per heavy atom. The summed E-state index contributed by atoms with van der Waals surface area (Å²) in [5.41, 5.74) is 7.41. The second-order valence-electron chi connectivity index (χ2n) is 4.53. The smallest absolute Gasteiger partial charge is 0.239 e. The predicted octanol–water partition coefficient (Wildman–Crippen LogP) is 1.25. The monoisotopic (exact) mass is 265 g/mol. The Bertz CT molecular complexity index is 409. The molecule has 0 aliphatic carbocycles. The quantitative estimate of drug-likeness (QED) is 0.728. The van der Waals surface area contributed by atoms with Crippen LogP contribution in [0.25, 0.3) is 0 Å². The highest BCUT2D eigenvalue weighted by atomic mass is 16.5. The SMILES string of the molecule is CCN(CC(=O)NC(C)COC)c1cccc(N)c1. The third kappa shape index (κ3) is 5.18. The van der Waals surface area contributed by atoms with Crippen LogP contribution in [0.2, 0.25) is 0 Å². The normalized spacial score (nSPS) is 11.9. The Hall–Kier alpha value is -1.75. The maximum absolute atomic E-state index is 11.9. The molecule has 1 rings (SSSR count). The molecule has 5 heteroatoms. The summed E-state index contributed by atoms with van der Waals surface area (Å²) in [5.74, 6) is -0.0196. The van der Waals surface area contributed by atoms with Crippen molar-refractivity contribution in [1.82, 2.24) is 5.32 Å². The van der Waals surface area contributed by atoms with E-state index in [1.54, 1.807) is 7.11 Å². The van der Waals surface area contributed by atoms with Crippen molar-refractivity contribution in [2.24, 2.45) is 0 Å². The van der Waals surface area contributed by atoms with Gasteiger partial charge >= 0.3 is 0 Å². The molecule has 0 bridgehead atoms. The van der Waals surface area contributed by atoms with Crippen molar-refractivity contribution >= 4 is 17.3 Å². The summed E-state index contributed by atoms with van der Waals surface area (Å²) in [6.45, 7) is 5.49. The minimum Gasteiger partial charge on any atom is -0.399 e. The number of ether oxygens (including phenoxy) is 1. The number of carbonyl (C=O) groups excluding carboxylic acids is 1. The molecule has 1 amide bonds. The van der Waals surface area contributed by atoms with Crippen LogP contribution in [-0.2, 0) is 9.53 Å². The van der Waals surface area contributed by atoms with Crippen LogP contribution in [0.4, 0.5) is 11.4 Å². The lowest BCUT2D eigenvalue weighted by Crippen LogP contribution is -2.42. The molecule has 1 aromatic carbocycles. The van der Waals surface area contributed by atoms with Gasteiger partial charge in [-0.3, -0.25) is 4.79 Å². The van der Waals surface area contributed by atoms with E-state index in [1.165, 1.54) is 0 Å². The summed E-state index contributed by atoms with van der Waals surface area (Å²) < 4.78 is 4.99. The third-order valence-corrected chi connectivity index (χ3v) is 2.78. The largest absolute Gasteiger partial charge is 0.399 e. The third-order valence-electron chi connectivity index (χ3n) is 2.78. The summed E-state index contributed by atoms with van der Waals surface area (Å²) in [7, 11) is 1.62. The first kappa shape index (κ1) is 15.3. The Morgan fingerprint density at radius 2 is 2.26 bits per heavy atom. The van der Waals surface area contributed by atoms with Crippen molar-refractivity contribution in [2.45, 2.75) is 19.9 Å². The minimum atomic E-state index is -0.0196. The second-order valence-corrected chi connectivity index (χ2v) is 4.53. The molecule has 19 heavy (non-hydrogen) atoms. The lowest BCUT2D eigenvalue weighted by Gasteiger charge is -2.23. The van der Waals surface area contributed by atoms with E-state index < -0.39 is 0 Å². The highest BCUT2D eigenvalue weighted by Crippen LogP contribution is 2.16. The highest BCUT2D eigenvalue weighted by Gasteiger charge is 2.12. The number of carbonyl (C=O) groups is 1. The van der Waals surface area contributed by atoms with Gasteiger partial charge in [-0.2, -0.15) is 0 Å². The van der Waals surface area contributed by atoms with E-state index >= 15 is 0 Å². The molecule has 1 unspecified atom stereocenters. The first-order chi connectivity index (χ1) is 9.06. The van der Waals surface area contributed by atoms with E-state index in [9.17, 15) is 4.79 Å². The van der Waals surface area contributed by atoms with Crippen molar-refractivity contribution in [2.75, 3.05) is 37.4 Å². The molecule has 1 aromatic rings. The average Bonchev–Trinajstić information content (AvgIpc) is 2.36. The van der Waals surface area contributed by atoms with Crippen LogP contribution < -0.4 is 16.0 Å². The van der Waals surface area contributed by atoms with Crippen molar-refractivity contribution < 1.29 is 9.53 Å². The Kier molecular flexibility index (Phi) is 6.15. The fourth-order valence-corrected chi connectivity index (χ4v) is 1.89. The predicted molar refractivity (Wildman–Crippen MR) is 78.2 cm³/mol. The van der Waals surface area contributed by atoms with E-state index in [4.69, 9.17) is 10.5 Å². The zero-order valence-electron chi connectivity index (χ0n) is 11.8. The van der Waals surface area contributed by atoms with Crippen LogP contribution in [-0.4, -0.2) is 38.8 Å². The average molecular weight is 265 g/mol. The van der Waals surface area contributed by atoms with E-state index in [0.717, 1.165) is 12.2 Å². The molecule has 0 heterocycles. The van der Waals surface area contributed by atoms with Crippen LogP contribution in [0.1, 0.15) is 13.8 Å². The van der Waals surface area contributed by atoms with Crippen LogP contribution in [0, 0.1) is 0 Å². The summed E-state index contributed by atoms with van der Waals surface area (Å²) in [5, 5.41) is 2.89. The zero-order valence-corrected chi connectivity index (χ0v) is 11.8. The van der Waals surface area contributed by atoms with Crippen LogP contribution in [0.3, 0.4) is 0 Å². The number of benzene rings is 1. The molecule has 0 spiro atoms. The zero-order chi connectivity index (χ0) is 14.3. The van der Waals surface area contributed by atoms with E-state index in [2.05, 4.69) is 5.32 Å². The van der Waals surface area contributed by atoms with Gasteiger partial charge in [-0.1, -0.05) is 6.07 Å². The molecule has 0 aromatic heterocycles. The van der Waals surface area contributed by atoms with Gasteiger partial charge in [-0.15, -0.1) is 0 Å². The molecule has 106 valence electrons. The lowest BCUT2D eigenvalue weighted by molar-refractivity contribution is -0.120. The van der Waals surface area contributed by atoms with Crippen molar-refractivity contribution in [3.8, 4) is 0 Å². The first-order valence-corrected chi connectivity index (χ1v) is 6.45. The summed E-state index contributed by atoms with van der Waals surface area (Å²) >= 11 is 0. The van der Waals surface area contributed by atoms with Gasteiger partial charge in [0.2, 0.25) is 5.91 Å². The molecule has 1 atom stereocenters. The number of nitrogens with one attached hydrogen (secondary N) is 1. The fraction of sp³-hybridized carbons (Fsp3) is 0.500. The molecule has 3 N–H and O–H groups in total. The van der Waals surface area contributed by atoms with Gasteiger partial charge in [0.15, 0.2) is 0 Å². The summed E-state index contributed by atoms with van der Waals surface area (Å²) in [4.78, 5) is 13.9. The molecule has 0 radical (unpaired) electrons. The summed E-state index contributed by atoms with van der Waals surface area (Å²) in [6, 6.07) is 7.55. The number of amides is 1. The summed E-state index contributed by atoms with van der Waals surface area (Å²) in [6.07, 6.45) is 0. The second kappa shape index (κ2) is 7.63. The number of hydrogen-bond donors (Lipinski definition) is 2. The number of methoxy groups -OCH3 is 1. The van der Waals surface area contributed by atoms with Gasteiger partial charge in [0, 0.05) is 31.1 Å². The molecule has 0 saturated heterocycles. The molecule has 0 aliphatic heterocycles. The van der Waals surface area contributed by atoms with Gasteiger partial charge in [-0.05, 0) is 32.0 Å². The van der Waals surface area contributed by atoms with Crippen LogP contribution in [0.5, 0.6) is 0 Å². The number of nitrogen functional groups attached to an aromatic ring is 1. The lowest BCUT2D eigenvalue weighted by atomic mass is 10.2. The number of rotatable bonds is 7. The minimum absolute atomic E-state index is 0.0112. The van der Waals surface area contributed by atoms with E-state index in [0.29, 0.717) is 18.8 Å². The Balaban J connectivity index is 2.59. The van der Waals surface area contributed by atoms with Crippen LogP contribution in [0.15, 0.2) is 24.3 Å². The standard InChI is InChI=1S/C14H23N3O2/c1-4-17(13-7-5-6-12(15)8-13)9-14(18)16-11(2)10-19-3/h5-8,11H,4,9-10,15H2,1-3H3,(H,16,18). The van der Waals surface area contributed by atoms with Gasteiger partial charge in [0.1, 0.15) is 0 Å². The number of anilines is 2. The number of hydrogen-bond acceptors (Lipinski definition) is 4. The Labute approximate surface area is 114 Å². The van der Waals surface area contributed by atoms with Gasteiger partial charge in [0.05, 0.1) is 13.2 Å². The number of likely N-dealkylation sites (N-methyl/N-ethyl adjacent to an activating group) is 1. The van der Waals surface area contributed by atoms with Crippen molar-refractivity contribution in [3.63, 3.8) is 0 Å². The molecule has 0 fully saturated rings. The maximum Gasteiger partial charge on any atom is 0.239 e. The number of nitrogens with zero attached hydrogens (tertiary/aromatic N) is 1. The van der Waals surface area contributed by atoms with Crippen LogP contribution >= 0.6 is 0 Å². The molecular formula is C14H23N3O2. The molecule has 5 nitrogen and oxygen atoms in total. The fourth-order valence-electron chi connectivity index (χ4n) is 1.89. The topological polar surface area (TPSA) is 67.6 Å². The first-order valence-electron chi connectivity index (χ1n) is 6.45. The van der Waals surface area contributed by atoms with Gasteiger partial charge < -0.3 is 20.7 Å². The Morgan fingerprint density at radius 1 is 1.53 bits per heavy atom. The molecular weight excluding hydrogens is 242 g/mol. The maximum atomic E-state index is 11.9. The van der Waals surface area contributed by atoms with E-state index in [1.807, 2.05) is 43.0 Å². The highest BCUT2D eigenvalue weighted by molar-refractivity contribution is 5.81. The molecule has 0 aliphatic rings. The van der Waals surface area contributed by atoms with Crippen molar-refractivity contribution in [1.29, 1.82) is 0 Å². The molecule has 0 saturated carbocycles. The van der Waals surface area contributed by atoms with Gasteiger partial charge in [-0.25, -0.2) is 0 Å². The van der Waals surface area contributed by atoms with E-state index in [-0.39, 0.29) is 11.9 Å². The van der Waals surface area contributed by atoms with Crippen molar-refractivity contribution in [3.05, 3.63) is 24.3 Å². The van der Waals surface area contributed by atoms with Gasteiger partial charge in [0.25, 0.3) is 0 Å².